The number of fused-ring (bicyclic) bond motifs is 2. The van der Waals surface area contributed by atoms with Crippen LogP contribution in [0.15, 0.2) is 29.3 Å². The van der Waals surface area contributed by atoms with Crippen molar-refractivity contribution in [3.63, 3.8) is 0 Å². The average molecular weight is 328 g/mol. The van der Waals surface area contributed by atoms with Crippen molar-refractivity contribution in [2.24, 2.45) is 4.99 Å². The van der Waals surface area contributed by atoms with Crippen LogP contribution in [-0.2, 0) is 11.2 Å². The molecule has 3 aliphatic rings. The summed E-state index contributed by atoms with van der Waals surface area (Å²) in [5.41, 5.74) is 2.71. The highest BCUT2D eigenvalue weighted by atomic mass is 16.5. The molecular formula is C19H28N4O. The second-order valence-corrected chi connectivity index (χ2v) is 6.97. The van der Waals surface area contributed by atoms with Gasteiger partial charge in [-0.3, -0.25) is 9.89 Å². The van der Waals surface area contributed by atoms with E-state index in [1.807, 2.05) is 0 Å². The van der Waals surface area contributed by atoms with Crippen LogP contribution in [0.1, 0.15) is 25.3 Å². The highest BCUT2D eigenvalue weighted by molar-refractivity contribution is 5.97. The number of anilines is 1. The smallest absolute Gasteiger partial charge is 0.198 e. The number of ether oxygens (including phenoxy) is 1. The number of nitrogens with one attached hydrogen (secondary N) is 1. The molecule has 0 saturated carbocycles. The zero-order valence-electron chi connectivity index (χ0n) is 14.6. The highest BCUT2D eigenvalue weighted by Crippen LogP contribution is 2.27. The molecule has 1 N–H and O–H groups in total. The van der Waals surface area contributed by atoms with Crippen LogP contribution in [0.25, 0.3) is 0 Å². The summed E-state index contributed by atoms with van der Waals surface area (Å²) in [4.78, 5) is 9.82. The second-order valence-electron chi connectivity index (χ2n) is 6.97. The maximum atomic E-state index is 6.06. The van der Waals surface area contributed by atoms with Crippen LogP contribution < -0.4 is 10.2 Å². The van der Waals surface area contributed by atoms with Crippen LogP contribution in [0.4, 0.5) is 5.69 Å². The second kappa shape index (κ2) is 7.11. The molecule has 5 nitrogen and oxygen atoms in total. The minimum atomic E-state index is 0.228. The van der Waals surface area contributed by atoms with Crippen molar-refractivity contribution in [3.8, 4) is 0 Å². The Morgan fingerprint density at radius 1 is 1.33 bits per heavy atom. The van der Waals surface area contributed by atoms with Crippen molar-refractivity contribution in [2.45, 2.75) is 38.3 Å². The van der Waals surface area contributed by atoms with Gasteiger partial charge in [0.1, 0.15) is 0 Å². The predicted octanol–water partition coefficient (Wildman–Crippen LogP) is 1.88. The molecule has 2 saturated heterocycles. The number of para-hydroxylation sites is 1. The molecule has 2 atom stereocenters. The molecule has 130 valence electrons. The number of hydrogen-bond donors (Lipinski definition) is 1. The van der Waals surface area contributed by atoms with E-state index in [-0.39, 0.29) is 6.10 Å². The molecule has 0 aromatic heterocycles. The Labute approximate surface area is 144 Å². The fraction of sp³-hybridized carbons (Fsp3) is 0.632. The molecule has 2 unspecified atom stereocenters. The summed E-state index contributed by atoms with van der Waals surface area (Å²) in [6.07, 6.45) is 3.93. The number of nitrogens with zero attached hydrogens (tertiary/aromatic N) is 3. The van der Waals surface area contributed by atoms with Gasteiger partial charge in [-0.05, 0) is 44.4 Å². The van der Waals surface area contributed by atoms with Crippen LogP contribution in [0, 0.1) is 0 Å². The van der Waals surface area contributed by atoms with Gasteiger partial charge < -0.3 is 15.0 Å². The number of hydrogen-bond acceptors (Lipinski definition) is 3. The zero-order chi connectivity index (χ0) is 16.4. The largest absolute Gasteiger partial charge is 0.373 e. The van der Waals surface area contributed by atoms with E-state index in [1.165, 1.54) is 30.6 Å². The number of morpholine rings is 1. The van der Waals surface area contributed by atoms with Gasteiger partial charge in [0, 0.05) is 31.4 Å². The highest BCUT2D eigenvalue weighted by Gasteiger charge is 2.32. The number of rotatable bonds is 3. The maximum Gasteiger partial charge on any atom is 0.198 e. The molecule has 3 aliphatic heterocycles. The molecule has 2 fully saturated rings. The molecule has 0 aliphatic carbocycles. The molecule has 1 aromatic carbocycles. The van der Waals surface area contributed by atoms with Crippen molar-refractivity contribution in [1.29, 1.82) is 0 Å². The van der Waals surface area contributed by atoms with Gasteiger partial charge in [0.15, 0.2) is 5.96 Å². The number of aliphatic imine (C=N–C) groups is 1. The van der Waals surface area contributed by atoms with E-state index in [1.54, 1.807) is 0 Å². The first-order valence-electron chi connectivity index (χ1n) is 9.34. The van der Waals surface area contributed by atoms with Crippen molar-refractivity contribution in [3.05, 3.63) is 29.8 Å². The summed E-state index contributed by atoms with van der Waals surface area (Å²) in [6, 6.07) is 9.30. The first kappa shape index (κ1) is 15.9. The summed E-state index contributed by atoms with van der Waals surface area (Å²) in [5, 5.41) is 3.46. The quantitative estimate of drug-likeness (QED) is 0.679. The third-order valence-electron chi connectivity index (χ3n) is 5.38. The Bertz CT molecular complexity index is 603. The van der Waals surface area contributed by atoms with E-state index in [4.69, 9.17) is 9.73 Å². The molecule has 0 radical (unpaired) electrons. The molecule has 3 heterocycles. The molecule has 24 heavy (non-hydrogen) atoms. The van der Waals surface area contributed by atoms with Gasteiger partial charge in [-0.1, -0.05) is 18.2 Å². The predicted molar refractivity (Wildman–Crippen MR) is 97.8 cm³/mol. The fourth-order valence-corrected chi connectivity index (χ4v) is 4.14. The van der Waals surface area contributed by atoms with Gasteiger partial charge in [0.05, 0.1) is 19.3 Å². The lowest BCUT2D eigenvalue weighted by atomic mass is 10.2. The minimum Gasteiger partial charge on any atom is -0.373 e. The van der Waals surface area contributed by atoms with Crippen LogP contribution >= 0.6 is 0 Å². The van der Waals surface area contributed by atoms with Gasteiger partial charge in [-0.25, -0.2) is 0 Å². The lowest BCUT2D eigenvalue weighted by Gasteiger charge is -2.34. The first-order valence-corrected chi connectivity index (χ1v) is 9.34. The normalized spacial score (nSPS) is 27.2. The molecular weight excluding hydrogens is 300 g/mol. The van der Waals surface area contributed by atoms with Crippen molar-refractivity contribution >= 4 is 11.6 Å². The zero-order valence-corrected chi connectivity index (χ0v) is 14.6. The summed E-state index contributed by atoms with van der Waals surface area (Å²) in [6.45, 7) is 7.90. The Kier molecular flexibility index (Phi) is 4.72. The molecule has 5 heteroatoms. The number of guanidine groups is 1. The maximum absolute atomic E-state index is 6.06. The Morgan fingerprint density at radius 3 is 3.17 bits per heavy atom. The minimum absolute atomic E-state index is 0.228. The lowest BCUT2D eigenvalue weighted by Crippen LogP contribution is -2.48. The average Bonchev–Trinajstić information content (AvgIpc) is 3.25. The van der Waals surface area contributed by atoms with Crippen molar-refractivity contribution in [1.82, 2.24) is 10.2 Å². The molecule has 4 rings (SSSR count). The Hall–Kier alpha value is -1.59. The molecule has 0 amide bonds. The standard InChI is InChI=1S/C19H28N4O/c1-2-20-19(23-11-9-15-6-3-4-8-18(15)23)21-12-17-13-22-10-5-7-16(22)14-24-17/h3-4,6,8,16-17H,2,5,7,9-14H2,1H3,(H,20,21). The SMILES string of the molecule is CCNC(=NCC1CN2CCCC2CO1)N1CCc2ccccc21. The summed E-state index contributed by atoms with van der Waals surface area (Å²) >= 11 is 0. The molecule has 0 spiro atoms. The Balaban J connectivity index is 1.44. The summed E-state index contributed by atoms with van der Waals surface area (Å²) in [5.74, 6) is 0.995. The van der Waals surface area contributed by atoms with Crippen LogP contribution in [0.5, 0.6) is 0 Å². The van der Waals surface area contributed by atoms with Gasteiger partial charge in [-0.15, -0.1) is 0 Å². The van der Waals surface area contributed by atoms with E-state index in [2.05, 4.69) is 46.3 Å². The van der Waals surface area contributed by atoms with E-state index >= 15 is 0 Å². The topological polar surface area (TPSA) is 40.1 Å². The van der Waals surface area contributed by atoms with Crippen LogP contribution in [-0.4, -0.2) is 62.3 Å². The van der Waals surface area contributed by atoms with Gasteiger partial charge >= 0.3 is 0 Å². The third-order valence-corrected chi connectivity index (χ3v) is 5.38. The van der Waals surface area contributed by atoms with E-state index in [9.17, 15) is 0 Å². The fourth-order valence-electron chi connectivity index (χ4n) is 4.14. The van der Waals surface area contributed by atoms with E-state index < -0.39 is 0 Å². The third kappa shape index (κ3) is 3.15. The monoisotopic (exact) mass is 328 g/mol. The van der Waals surface area contributed by atoms with E-state index in [0.717, 1.165) is 45.2 Å². The summed E-state index contributed by atoms with van der Waals surface area (Å²) < 4.78 is 6.06. The van der Waals surface area contributed by atoms with Gasteiger partial charge in [0.2, 0.25) is 0 Å². The molecule has 0 bridgehead atoms. The van der Waals surface area contributed by atoms with Crippen molar-refractivity contribution in [2.75, 3.05) is 44.2 Å². The van der Waals surface area contributed by atoms with Crippen LogP contribution in [0.3, 0.4) is 0 Å². The van der Waals surface area contributed by atoms with Crippen molar-refractivity contribution < 1.29 is 4.74 Å². The number of benzene rings is 1. The first-order chi connectivity index (χ1) is 11.8. The van der Waals surface area contributed by atoms with Crippen LogP contribution in [0.2, 0.25) is 0 Å². The Morgan fingerprint density at radius 2 is 2.25 bits per heavy atom. The van der Waals surface area contributed by atoms with E-state index in [0.29, 0.717) is 6.04 Å². The van der Waals surface area contributed by atoms with Gasteiger partial charge in [-0.2, -0.15) is 0 Å². The van der Waals surface area contributed by atoms with Gasteiger partial charge in [0.25, 0.3) is 0 Å². The summed E-state index contributed by atoms with van der Waals surface area (Å²) in [7, 11) is 0. The lowest BCUT2D eigenvalue weighted by molar-refractivity contribution is -0.0432. The molecule has 1 aromatic rings.